The van der Waals surface area contributed by atoms with E-state index < -0.39 is 5.97 Å². The van der Waals surface area contributed by atoms with E-state index in [4.69, 9.17) is 9.84 Å². The minimum Gasteiger partial charge on any atom is -0.481 e. The van der Waals surface area contributed by atoms with Crippen molar-refractivity contribution in [1.29, 1.82) is 0 Å². The first-order chi connectivity index (χ1) is 24.6. The molecule has 1 unspecified atom stereocenters. The largest absolute Gasteiger partial charge is 0.481 e. The lowest BCUT2D eigenvalue weighted by Crippen LogP contribution is -2.18. The predicted molar refractivity (Wildman–Crippen MR) is 218 cm³/mol. The summed E-state index contributed by atoms with van der Waals surface area (Å²) in [4.78, 5) is 23.5. The average Bonchev–Trinajstić information content (AvgIpc) is 3.10. The van der Waals surface area contributed by atoms with E-state index in [1.165, 1.54) is 173 Å². The lowest BCUT2D eigenvalue weighted by molar-refractivity contribution is -0.150. The lowest BCUT2D eigenvalue weighted by atomic mass is 10.0. The van der Waals surface area contributed by atoms with E-state index in [1.54, 1.807) is 0 Å². The number of esters is 1. The van der Waals surface area contributed by atoms with E-state index in [0.29, 0.717) is 6.42 Å². The van der Waals surface area contributed by atoms with Gasteiger partial charge in [-0.05, 0) is 64.2 Å². The van der Waals surface area contributed by atoms with Crippen LogP contribution in [-0.4, -0.2) is 23.1 Å². The van der Waals surface area contributed by atoms with Gasteiger partial charge in [-0.2, -0.15) is 0 Å². The Morgan fingerprint density at radius 1 is 0.420 bits per heavy atom. The van der Waals surface area contributed by atoms with Gasteiger partial charge in [0.25, 0.3) is 0 Å². The standard InChI is InChI=1S/C46H88O4/c1-3-5-7-9-11-13-15-17-19-21-23-25-27-29-32-36-40-44(41-37-33-31-34-38-42-45(47)48)50-46(49)43-39-35-30-28-26-24-22-20-18-16-14-12-10-8-6-4-2/h20,22,44H,3-19,21,23-43H2,1-2H3,(H,47,48)/b22-20-. The van der Waals surface area contributed by atoms with Crippen LogP contribution in [0.1, 0.15) is 264 Å². The smallest absolute Gasteiger partial charge is 0.306 e. The number of allylic oxidation sites excluding steroid dienone is 2. The molecule has 0 spiro atoms. The van der Waals surface area contributed by atoms with Gasteiger partial charge in [0.2, 0.25) is 0 Å². The monoisotopic (exact) mass is 705 g/mol. The molecule has 0 bridgehead atoms. The van der Waals surface area contributed by atoms with Crippen molar-refractivity contribution in [3.05, 3.63) is 12.2 Å². The fraction of sp³-hybridized carbons (Fsp3) is 0.913. The van der Waals surface area contributed by atoms with Crippen LogP contribution in [0.25, 0.3) is 0 Å². The van der Waals surface area contributed by atoms with Gasteiger partial charge in [0.05, 0.1) is 0 Å². The molecule has 296 valence electrons. The highest BCUT2D eigenvalue weighted by atomic mass is 16.5. The second-order valence-corrected chi connectivity index (χ2v) is 15.6. The van der Waals surface area contributed by atoms with Crippen LogP contribution in [0.15, 0.2) is 12.2 Å². The van der Waals surface area contributed by atoms with Crippen LogP contribution in [0.4, 0.5) is 0 Å². The summed E-state index contributed by atoms with van der Waals surface area (Å²) in [5, 5.41) is 8.85. The normalized spacial score (nSPS) is 12.2. The van der Waals surface area contributed by atoms with Gasteiger partial charge in [0.15, 0.2) is 0 Å². The van der Waals surface area contributed by atoms with E-state index in [0.717, 1.165) is 64.2 Å². The maximum absolute atomic E-state index is 12.7. The topological polar surface area (TPSA) is 63.6 Å². The number of hydrogen-bond donors (Lipinski definition) is 1. The summed E-state index contributed by atoms with van der Waals surface area (Å²) in [6, 6.07) is 0. The molecule has 1 N–H and O–H groups in total. The van der Waals surface area contributed by atoms with Crippen molar-refractivity contribution < 1.29 is 19.4 Å². The van der Waals surface area contributed by atoms with Crippen molar-refractivity contribution in [3.63, 3.8) is 0 Å². The van der Waals surface area contributed by atoms with Gasteiger partial charge in [0, 0.05) is 12.8 Å². The summed E-state index contributed by atoms with van der Waals surface area (Å²) in [6.07, 6.45) is 52.4. The van der Waals surface area contributed by atoms with E-state index in [-0.39, 0.29) is 18.5 Å². The predicted octanol–water partition coefficient (Wildman–Crippen LogP) is 15.8. The molecule has 0 fully saturated rings. The fourth-order valence-electron chi connectivity index (χ4n) is 7.12. The molecule has 0 aromatic carbocycles. The summed E-state index contributed by atoms with van der Waals surface area (Å²) in [5.74, 6) is -0.696. The highest BCUT2D eigenvalue weighted by molar-refractivity contribution is 5.69. The number of carbonyl (C=O) groups excluding carboxylic acids is 1. The molecule has 0 aromatic rings. The Kier molecular flexibility index (Phi) is 41.0. The van der Waals surface area contributed by atoms with Crippen molar-refractivity contribution in [2.75, 3.05) is 0 Å². The molecule has 0 aliphatic carbocycles. The van der Waals surface area contributed by atoms with Crippen LogP contribution in [0.2, 0.25) is 0 Å². The third-order valence-electron chi connectivity index (χ3n) is 10.5. The van der Waals surface area contributed by atoms with Gasteiger partial charge < -0.3 is 9.84 Å². The Morgan fingerprint density at radius 2 is 0.720 bits per heavy atom. The third kappa shape index (κ3) is 41.1. The molecule has 0 amide bonds. The van der Waals surface area contributed by atoms with Crippen LogP contribution in [0.5, 0.6) is 0 Å². The molecule has 0 aliphatic heterocycles. The number of ether oxygens (including phenoxy) is 1. The van der Waals surface area contributed by atoms with Crippen molar-refractivity contribution in [3.8, 4) is 0 Å². The summed E-state index contributed by atoms with van der Waals surface area (Å²) >= 11 is 0. The zero-order valence-corrected chi connectivity index (χ0v) is 34.0. The quantitative estimate of drug-likeness (QED) is 0.0390. The first-order valence-corrected chi connectivity index (χ1v) is 22.7. The minimum absolute atomic E-state index is 0.00116. The van der Waals surface area contributed by atoms with Gasteiger partial charge in [-0.3, -0.25) is 9.59 Å². The number of aliphatic carboxylic acids is 1. The van der Waals surface area contributed by atoms with Gasteiger partial charge in [-0.15, -0.1) is 0 Å². The molecule has 0 saturated heterocycles. The van der Waals surface area contributed by atoms with Crippen LogP contribution in [0.3, 0.4) is 0 Å². The van der Waals surface area contributed by atoms with Crippen molar-refractivity contribution >= 4 is 11.9 Å². The second-order valence-electron chi connectivity index (χ2n) is 15.6. The third-order valence-corrected chi connectivity index (χ3v) is 10.5. The van der Waals surface area contributed by atoms with Crippen LogP contribution in [-0.2, 0) is 14.3 Å². The van der Waals surface area contributed by atoms with E-state index >= 15 is 0 Å². The Balaban J connectivity index is 3.98. The number of carboxylic acid groups (broad SMARTS) is 1. The van der Waals surface area contributed by atoms with E-state index in [1.807, 2.05) is 0 Å². The molecule has 0 aromatic heterocycles. The number of hydrogen-bond acceptors (Lipinski definition) is 3. The molecule has 1 atom stereocenters. The molecule has 4 nitrogen and oxygen atoms in total. The molecule has 0 rings (SSSR count). The lowest BCUT2D eigenvalue weighted by Gasteiger charge is -2.18. The van der Waals surface area contributed by atoms with E-state index in [9.17, 15) is 9.59 Å². The average molecular weight is 705 g/mol. The summed E-state index contributed by atoms with van der Waals surface area (Å²) < 4.78 is 6.03. The molecule has 0 heterocycles. The van der Waals surface area contributed by atoms with Crippen LogP contribution < -0.4 is 0 Å². The molecule has 0 radical (unpaired) electrons. The number of carboxylic acids is 1. The SMILES string of the molecule is CCCCCCCCC/C=C\CCCCCCCC(=O)OC(CCCCCCCCCCCCCCCCCC)CCCCCCCC(=O)O. The number of carbonyl (C=O) groups is 2. The number of rotatable bonds is 42. The highest BCUT2D eigenvalue weighted by Gasteiger charge is 2.14. The molecule has 50 heavy (non-hydrogen) atoms. The molecule has 4 heteroatoms. The first-order valence-electron chi connectivity index (χ1n) is 22.7. The minimum atomic E-state index is -0.697. The van der Waals surface area contributed by atoms with Crippen molar-refractivity contribution in [2.24, 2.45) is 0 Å². The Hall–Kier alpha value is -1.32. The summed E-state index contributed by atoms with van der Waals surface area (Å²) in [5.41, 5.74) is 0. The fourth-order valence-corrected chi connectivity index (χ4v) is 7.12. The van der Waals surface area contributed by atoms with Gasteiger partial charge in [0.1, 0.15) is 6.10 Å². The Labute approximate surface area is 313 Å². The van der Waals surface area contributed by atoms with Crippen molar-refractivity contribution in [1.82, 2.24) is 0 Å². The summed E-state index contributed by atoms with van der Waals surface area (Å²) in [6.45, 7) is 4.57. The first kappa shape index (κ1) is 48.7. The van der Waals surface area contributed by atoms with Gasteiger partial charge in [-0.25, -0.2) is 0 Å². The molecular formula is C46H88O4. The second kappa shape index (κ2) is 42.1. The maximum Gasteiger partial charge on any atom is 0.306 e. The van der Waals surface area contributed by atoms with Gasteiger partial charge in [-0.1, -0.05) is 199 Å². The van der Waals surface area contributed by atoms with Crippen molar-refractivity contribution in [2.45, 2.75) is 270 Å². The zero-order valence-electron chi connectivity index (χ0n) is 34.0. The number of unbranched alkanes of at least 4 members (excludes halogenated alkanes) is 31. The van der Waals surface area contributed by atoms with Crippen LogP contribution >= 0.6 is 0 Å². The Morgan fingerprint density at radius 3 is 1.08 bits per heavy atom. The zero-order chi connectivity index (χ0) is 36.4. The summed E-state index contributed by atoms with van der Waals surface area (Å²) in [7, 11) is 0. The molecule has 0 aliphatic rings. The molecular weight excluding hydrogens is 617 g/mol. The van der Waals surface area contributed by atoms with E-state index in [2.05, 4.69) is 26.0 Å². The van der Waals surface area contributed by atoms with Crippen LogP contribution in [0, 0.1) is 0 Å². The maximum atomic E-state index is 12.7. The molecule has 0 saturated carbocycles. The highest BCUT2D eigenvalue weighted by Crippen LogP contribution is 2.19. The van der Waals surface area contributed by atoms with Gasteiger partial charge >= 0.3 is 11.9 Å². The Bertz CT molecular complexity index is 717.